The lowest BCUT2D eigenvalue weighted by atomic mass is 10.1. The van der Waals surface area contributed by atoms with Crippen LogP contribution in [0.25, 0.3) is 0 Å². The van der Waals surface area contributed by atoms with Gasteiger partial charge in [-0.25, -0.2) is 0 Å². The number of nitrogens with one attached hydrogen (secondary N) is 1. The molecule has 0 bridgehead atoms. The second kappa shape index (κ2) is 2.83. The van der Waals surface area contributed by atoms with Gasteiger partial charge < -0.3 is 10.1 Å². The van der Waals surface area contributed by atoms with Gasteiger partial charge in [0.25, 0.3) is 11.7 Å². The number of ether oxygens (including phenoxy) is 1. The molecule has 72 valence electrons. The molecule has 0 fully saturated rings. The van der Waals surface area contributed by atoms with Gasteiger partial charge in [0.2, 0.25) is 0 Å². The minimum Gasteiger partial charge on any atom is -0.495 e. The number of fused-ring (bicyclic) bond motifs is 1. The van der Waals surface area contributed by atoms with Crippen LogP contribution in [0.1, 0.15) is 15.9 Å². The highest BCUT2D eigenvalue weighted by Crippen LogP contribution is 2.34. The van der Waals surface area contributed by atoms with E-state index in [2.05, 4.69) is 5.32 Å². The summed E-state index contributed by atoms with van der Waals surface area (Å²) in [6, 6.07) is 3.45. The number of hydrogen-bond acceptors (Lipinski definition) is 3. The van der Waals surface area contributed by atoms with Crippen molar-refractivity contribution in [3.05, 3.63) is 23.3 Å². The van der Waals surface area contributed by atoms with Crippen molar-refractivity contribution in [3.8, 4) is 5.75 Å². The third-order valence-electron chi connectivity index (χ3n) is 2.16. The number of methoxy groups -OCH3 is 1. The van der Waals surface area contributed by atoms with Crippen molar-refractivity contribution in [1.29, 1.82) is 0 Å². The number of aryl methyl sites for hydroxylation is 1. The average Bonchev–Trinajstić information content (AvgIpc) is 2.43. The maximum absolute atomic E-state index is 11.3. The second-order valence-electron chi connectivity index (χ2n) is 3.17. The molecule has 1 heterocycles. The van der Waals surface area contributed by atoms with E-state index < -0.39 is 11.7 Å². The number of ketones is 1. The zero-order valence-electron chi connectivity index (χ0n) is 7.88. The van der Waals surface area contributed by atoms with Crippen LogP contribution in [0.4, 0.5) is 5.69 Å². The Kier molecular flexibility index (Phi) is 1.77. The summed E-state index contributed by atoms with van der Waals surface area (Å²) in [4.78, 5) is 22.4. The average molecular weight is 191 g/mol. The normalized spacial score (nSPS) is 13.9. The fourth-order valence-electron chi connectivity index (χ4n) is 1.51. The molecule has 14 heavy (non-hydrogen) atoms. The molecule has 1 N–H and O–H groups in total. The zero-order chi connectivity index (χ0) is 10.3. The Balaban J connectivity index is 2.67. The Morgan fingerprint density at radius 2 is 2.00 bits per heavy atom. The van der Waals surface area contributed by atoms with Gasteiger partial charge in [-0.1, -0.05) is 0 Å². The van der Waals surface area contributed by atoms with Crippen LogP contribution in [0.15, 0.2) is 12.1 Å². The molecule has 0 atom stereocenters. The van der Waals surface area contributed by atoms with Crippen LogP contribution in [-0.2, 0) is 4.79 Å². The molecule has 1 aromatic rings. The minimum atomic E-state index is -0.594. The Morgan fingerprint density at radius 3 is 2.64 bits per heavy atom. The van der Waals surface area contributed by atoms with Crippen molar-refractivity contribution in [2.45, 2.75) is 6.92 Å². The maximum Gasteiger partial charge on any atom is 0.296 e. The summed E-state index contributed by atoms with van der Waals surface area (Å²) in [5.74, 6) is -0.565. The first-order chi connectivity index (χ1) is 6.63. The molecule has 0 saturated heterocycles. The van der Waals surface area contributed by atoms with Crippen molar-refractivity contribution < 1.29 is 14.3 Å². The van der Waals surface area contributed by atoms with Crippen LogP contribution in [0.2, 0.25) is 0 Å². The van der Waals surface area contributed by atoms with E-state index in [1.165, 1.54) is 7.11 Å². The summed E-state index contributed by atoms with van der Waals surface area (Å²) in [5.41, 5.74) is 1.77. The van der Waals surface area contributed by atoms with Gasteiger partial charge >= 0.3 is 0 Å². The van der Waals surface area contributed by atoms with E-state index in [1.807, 2.05) is 6.92 Å². The van der Waals surface area contributed by atoms with Crippen LogP contribution in [0, 0.1) is 6.92 Å². The standard InChI is InChI=1S/C10H9NO3/c1-5-3-6-8(7(4-5)14-2)11-10(13)9(6)12/h3-4H,1-2H3,(H,11,12,13). The fourth-order valence-corrected chi connectivity index (χ4v) is 1.51. The largest absolute Gasteiger partial charge is 0.495 e. The molecule has 0 radical (unpaired) electrons. The van der Waals surface area contributed by atoms with Gasteiger partial charge in [0.05, 0.1) is 18.4 Å². The van der Waals surface area contributed by atoms with Gasteiger partial charge in [0.15, 0.2) is 0 Å². The first kappa shape index (κ1) is 8.74. The number of Topliss-reactive ketones (excluding diaryl/α,β-unsaturated/α-hetero) is 1. The lowest BCUT2D eigenvalue weighted by molar-refractivity contribution is -0.112. The van der Waals surface area contributed by atoms with Crippen LogP contribution in [-0.4, -0.2) is 18.8 Å². The molecule has 2 rings (SSSR count). The van der Waals surface area contributed by atoms with E-state index in [9.17, 15) is 9.59 Å². The molecular formula is C10H9NO3. The van der Waals surface area contributed by atoms with Gasteiger partial charge in [-0.2, -0.15) is 0 Å². The SMILES string of the molecule is COc1cc(C)cc2c1NC(=O)C2=O. The van der Waals surface area contributed by atoms with Gasteiger partial charge in [0, 0.05) is 0 Å². The molecular weight excluding hydrogens is 182 g/mol. The topological polar surface area (TPSA) is 55.4 Å². The summed E-state index contributed by atoms with van der Waals surface area (Å²) in [5, 5.41) is 2.48. The number of anilines is 1. The van der Waals surface area contributed by atoms with Crippen molar-refractivity contribution in [1.82, 2.24) is 0 Å². The van der Waals surface area contributed by atoms with Gasteiger partial charge in [-0.05, 0) is 24.6 Å². The zero-order valence-corrected chi connectivity index (χ0v) is 7.88. The quantitative estimate of drug-likeness (QED) is 0.677. The first-order valence-electron chi connectivity index (χ1n) is 4.18. The number of carbonyl (C=O) groups is 2. The monoisotopic (exact) mass is 191 g/mol. The Morgan fingerprint density at radius 1 is 1.29 bits per heavy atom. The number of carbonyl (C=O) groups excluding carboxylic acids is 2. The van der Waals surface area contributed by atoms with Crippen LogP contribution < -0.4 is 10.1 Å². The lowest BCUT2D eigenvalue weighted by Gasteiger charge is -2.06. The maximum atomic E-state index is 11.3. The highest BCUT2D eigenvalue weighted by atomic mass is 16.5. The molecule has 0 aromatic heterocycles. The molecule has 0 spiro atoms. The smallest absolute Gasteiger partial charge is 0.296 e. The van der Waals surface area contributed by atoms with E-state index >= 15 is 0 Å². The second-order valence-corrected chi connectivity index (χ2v) is 3.17. The third-order valence-corrected chi connectivity index (χ3v) is 2.16. The predicted octanol–water partition coefficient (Wildman–Crippen LogP) is 1.14. The number of hydrogen-bond donors (Lipinski definition) is 1. The lowest BCUT2D eigenvalue weighted by Crippen LogP contribution is -2.12. The molecule has 4 nitrogen and oxygen atoms in total. The van der Waals surface area contributed by atoms with Crippen molar-refractivity contribution in [3.63, 3.8) is 0 Å². The molecule has 1 aliphatic rings. The van der Waals surface area contributed by atoms with Gasteiger partial charge in [0.1, 0.15) is 5.75 Å². The van der Waals surface area contributed by atoms with E-state index in [4.69, 9.17) is 4.74 Å². The van der Waals surface area contributed by atoms with Gasteiger partial charge in [-0.3, -0.25) is 9.59 Å². The van der Waals surface area contributed by atoms with E-state index in [1.54, 1.807) is 12.1 Å². The van der Waals surface area contributed by atoms with Crippen LogP contribution in [0.5, 0.6) is 5.75 Å². The molecule has 0 aliphatic carbocycles. The molecule has 0 unspecified atom stereocenters. The summed E-state index contributed by atoms with van der Waals surface area (Å²) >= 11 is 0. The summed E-state index contributed by atoms with van der Waals surface area (Å²) in [6.07, 6.45) is 0. The minimum absolute atomic E-state index is 0.395. The molecule has 1 amide bonds. The molecule has 1 aromatic carbocycles. The van der Waals surface area contributed by atoms with E-state index in [-0.39, 0.29) is 0 Å². The number of benzene rings is 1. The van der Waals surface area contributed by atoms with Gasteiger partial charge in [-0.15, -0.1) is 0 Å². The molecule has 4 heteroatoms. The third kappa shape index (κ3) is 1.08. The fraction of sp³-hybridized carbons (Fsp3) is 0.200. The van der Waals surface area contributed by atoms with Crippen LogP contribution >= 0.6 is 0 Å². The van der Waals surface area contributed by atoms with E-state index in [0.717, 1.165) is 5.56 Å². The predicted molar refractivity (Wildman–Crippen MR) is 50.7 cm³/mol. The molecule has 0 saturated carbocycles. The Labute approximate surface area is 80.9 Å². The van der Waals surface area contributed by atoms with Crippen molar-refractivity contribution >= 4 is 17.4 Å². The summed E-state index contributed by atoms with van der Waals surface area (Å²) in [7, 11) is 1.50. The van der Waals surface area contributed by atoms with Crippen molar-refractivity contribution in [2.75, 3.05) is 12.4 Å². The number of rotatable bonds is 1. The first-order valence-corrected chi connectivity index (χ1v) is 4.18. The van der Waals surface area contributed by atoms with Crippen LogP contribution in [0.3, 0.4) is 0 Å². The van der Waals surface area contributed by atoms with Crippen molar-refractivity contribution in [2.24, 2.45) is 0 Å². The summed E-state index contributed by atoms with van der Waals surface area (Å²) < 4.78 is 5.07. The van der Waals surface area contributed by atoms with E-state index in [0.29, 0.717) is 17.0 Å². The highest BCUT2D eigenvalue weighted by Gasteiger charge is 2.30. The summed E-state index contributed by atoms with van der Waals surface area (Å²) in [6.45, 7) is 1.85. The Bertz CT molecular complexity index is 437. The number of amides is 1. The Hall–Kier alpha value is -1.84. The highest BCUT2D eigenvalue weighted by molar-refractivity contribution is 6.52. The molecule has 1 aliphatic heterocycles.